The van der Waals surface area contributed by atoms with Gasteiger partial charge in [0.15, 0.2) is 3.23 Å². The Morgan fingerprint density at radius 3 is 2.92 bits per heavy atom. The van der Waals surface area contributed by atoms with Crippen LogP contribution in [-0.4, -0.2) is 29.4 Å². The predicted molar refractivity (Wildman–Crippen MR) is 58.0 cm³/mol. The van der Waals surface area contributed by atoms with Crippen molar-refractivity contribution in [1.29, 1.82) is 0 Å². The molecule has 2 rings (SSSR count). The first-order valence-electron chi connectivity index (χ1n) is 3.69. The van der Waals surface area contributed by atoms with Gasteiger partial charge in [0.1, 0.15) is 5.37 Å². The van der Waals surface area contributed by atoms with Crippen molar-refractivity contribution in [2.75, 3.05) is 5.75 Å². The quantitative estimate of drug-likeness (QED) is 0.496. The molecule has 1 saturated heterocycles. The second-order valence-corrected chi connectivity index (χ2v) is 8.25. The number of carbonyl (C=O) groups is 1. The molecule has 1 fully saturated rings. The standard InChI is InChI=1S/C7H7Br2NO2S/c1-4-2-10-5(11)7(8,9)6(10)13(12)3-4/h2,6H,3H2,1H3. The number of alkyl halides is 2. The molecule has 0 N–H and O–H groups in total. The molecule has 2 aliphatic rings. The molecule has 2 aliphatic heterocycles. The highest BCUT2D eigenvalue weighted by atomic mass is 79.9. The maximum Gasteiger partial charge on any atom is 0.258 e. The van der Waals surface area contributed by atoms with Gasteiger partial charge in [-0.05, 0) is 12.5 Å². The van der Waals surface area contributed by atoms with E-state index in [1.807, 2.05) is 6.92 Å². The Bertz CT molecular complexity index is 339. The molecule has 6 heteroatoms. The first-order valence-corrected chi connectivity index (χ1v) is 6.66. The highest BCUT2D eigenvalue weighted by Gasteiger charge is 2.61. The SMILES string of the molecule is CC1=CN2C(=O)C(Br)(Br)C2S(=O)C1. The maximum absolute atomic E-state index is 11.6. The van der Waals surface area contributed by atoms with E-state index in [-0.39, 0.29) is 11.3 Å². The van der Waals surface area contributed by atoms with E-state index >= 15 is 0 Å². The number of hydrogen-bond donors (Lipinski definition) is 0. The van der Waals surface area contributed by atoms with E-state index in [1.165, 1.54) is 4.90 Å². The highest BCUT2D eigenvalue weighted by Crippen LogP contribution is 2.47. The minimum atomic E-state index is -1.01. The summed E-state index contributed by atoms with van der Waals surface area (Å²) in [6, 6.07) is 0. The molecule has 2 atom stereocenters. The van der Waals surface area contributed by atoms with Gasteiger partial charge in [-0.25, -0.2) is 0 Å². The van der Waals surface area contributed by atoms with Crippen molar-refractivity contribution >= 4 is 48.6 Å². The maximum atomic E-state index is 11.6. The topological polar surface area (TPSA) is 37.4 Å². The van der Waals surface area contributed by atoms with Gasteiger partial charge in [-0.3, -0.25) is 13.9 Å². The lowest BCUT2D eigenvalue weighted by Gasteiger charge is -2.49. The van der Waals surface area contributed by atoms with Crippen LogP contribution in [0.3, 0.4) is 0 Å². The lowest BCUT2D eigenvalue weighted by molar-refractivity contribution is -0.137. The largest absolute Gasteiger partial charge is 0.299 e. The summed E-state index contributed by atoms with van der Waals surface area (Å²) in [5, 5.41) is -0.260. The summed E-state index contributed by atoms with van der Waals surface area (Å²) in [4.78, 5) is 13.0. The monoisotopic (exact) mass is 327 g/mol. The fourth-order valence-electron chi connectivity index (χ4n) is 1.49. The van der Waals surface area contributed by atoms with Crippen molar-refractivity contribution < 1.29 is 9.00 Å². The fourth-order valence-corrected chi connectivity index (χ4v) is 5.11. The number of amides is 1. The van der Waals surface area contributed by atoms with Gasteiger partial charge < -0.3 is 0 Å². The van der Waals surface area contributed by atoms with Crippen LogP contribution in [0.1, 0.15) is 6.92 Å². The average molecular weight is 329 g/mol. The molecule has 0 aliphatic carbocycles. The molecular weight excluding hydrogens is 322 g/mol. The summed E-state index contributed by atoms with van der Waals surface area (Å²) >= 11 is 6.47. The third-order valence-electron chi connectivity index (χ3n) is 2.06. The van der Waals surface area contributed by atoms with Crippen LogP contribution in [0, 0.1) is 0 Å². The summed E-state index contributed by atoms with van der Waals surface area (Å²) in [6.07, 6.45) is 1.77. The van der Waals surface area contributed by atoms with Crippen molar-refractivity contribution in [3.63, 3.8) is 0 Å². The third kappa shape index (κ3) is 1.26. The molecular formula is C7H7Br2NO2S. The van der Waals surface area contributed by atoms with Crippen LogP contribution in [0.15, 0.2) is 11.8 Å². The zero-order valence-corrected chi connectivity index (χ0v) is 10.8. The van der Waals surface area contributed by atoms with E-state index in [4.69, 9.17) is 0 Å². The summed E-state index contributed by atoms with van der Waals surface area (Å²) in [6.45, 7) is 1.88. The second kappa shape index (κ2) is 2.90. The first-order chi connectivity index (χ1) is 5.94. The first kappa shape index (κ1) is 9.86. The van der Waals surface area contributed by atoms with Crippen molar-refractivity contribution in [2.45, 2.75) is 15.5 Å². The normalized spacial score (nSPS) is 36.4. The number of fused-ring (bicyclic) bond motifs is 1. The molecule has 1 amide bonds. The summed E-state index contributed by atoms with van der Waals surface area (Å²) in [5.74, 6) is 0.470. The Hall–Kier alpha value is 0.320. The summed E-state index contributed by atoms with van der Waals surface area (Å²) < 4.78 is 10.8. The minimum absolute atomic E-state index is 0.0788. The van der Waals surface area contributed by atoms with E-state index in [9.17, 15) is 9.00 Å². The Morgan fingerprint density at radius 2 is 2.31 bits per heavy atom. The zero-order valence-electron chi connectivity index (χ0n) is 6.79. The Kier molecular flexibility index (Phi) is 2.20. The van der Waals surface area contributed by atoms with E-state index < -0.39 is 14.0 Å². The van der Waals surface area contributed by atoms with Gasteiger partial charge in [-0.1, -0.05) is 31.9 Å². The van der Waals surface area contributed by atoms with Gasteiger partial charge in [0.25, 0.3) is 5.91 Å². The lowest BCUT2D eigenvalue weighted by atomic mass is 10.2. The van der Waals surface area contributed by atoms with Gasteiger partial charge in [0.05, 0.1) is 10.8 Å². The molecule has 0 bridgehead atoms. The van der Waals surface area contributed by atoms with Crippen LogP contribution in [0.2, 0.25) is 0 Å². The van der Waals surface area contributed by atoms with Crippen LogP contribution >= 0.6 is 31.9 Å². The van der Waals surface area contributed by atoms with Crippen LogP contribution < -0.4 is 0 Å². The third-order valence-corrected chi connectivity index (χ3v) is 6.03. The Morgan fingerprint density at radius 1 is 1.69 bits per heavy atom. The number of hydrogen-bond acceptors (Lipinski definition) is 2. The van der Waals surface area contributed by atoms with Gasteiger partial charge >= 0.3 is 0 Å². The predicted octanol–water partition coefficient (Wildman–Crippen LogP) is 1.31. The Balaban J connectivity index is 2.38. The highest BCUT2D eigenvalue weighted by molar-refractivity contribution is 9.26. The van der Waals surface area contributed by atoms with Crippen LogP contribution in [0.5, 0.6) is 0 Å². The summed E-state index contributed by atoms with van der Waals surface area (Å²) in [7, 11) is -1.01. The minimum Gasteiger partial charge on any atom is -0.299 e. The molecule has 0 spiro atoms. The van der Waals surface area contributed by atoms with Gasteiger partial charge in [0.2, 0.25) is 0 Å². The smallest absolute Gasteiger partial charge is 0.258 e. The van der Waals surface area contributed by atoms with E-state index in [2.05, 4.69) is 31.9 Å². The molecule has 0 radical (unpaired) electrons. The fraction of sp³-hybridized carbons (Fsp3) is 0.571. The van der Waals surface area contributed by atoms with Crippen molar-refractivity contribution in [1.82, 2.24) is 4.90 Å². The molecule has 2 heterocycles. The van der Waals surface area contributed by atoms with Gasteiger partial charge in [-0.2, -0.15) is 0 Å². The Labute approximate surface area is 95.3 Å². The molecule has 0 aromatic heterocycles. The summed E-state index contributed by atoms with van der Waals surface area (Å²) in [5.41, 5.74) is 0.985. The zero-order chi connectivity index (χ0) is 9.80. The number of rotatable bonds is 0. The van der Waals surface area contributed by atoms with E-state index in [0.717, 1.165) is 5.57 Å². The number of halogens is 2. The van der Waals surface area contributed by atoms with E-state index in [1.54, 1.807) is 6.20 Å². The molecule has 0 saturated carbocycles. The lowest BCUT2D eigenvalue weighted by Crippen LogP contribution is -2.68. The van der Waals surface area contributed by atoms with Gasteiger partial charge in [-0.15, -0.1) is 0 Å². The van der Waals surface area contributed by atoms with Gasteiger partial charge in [0, 0.05) is 12.0 Å². The van der Waals surface area contributed by atoms with Crippen LogP contribution in [-0.2, 0) is 15.6 Å². The van der Waals surface area contributed by atoms with Crippen molar-refractivity contribution in [3.05, 3.63) is 11.8 Å². The van der Waals surface area contributed by atoms with E-state index in [0.29, 0.717) is 5.75 Å². The molecule has 13 heavy (non-hydrogen) atoms. The van der Waals surface area contributed by atoms with Crippen molar-refractivity contribution in [3.8, 4) is 0 Å². The van der Waals surface area contributed by atoms with Crippen LogP contribution in [0.4, 0.5) is 0 Å². The molecule has 0 aromatic rings. The molecule has 3 nitrogen and oxygen atoms in total. The molecule has 0 aromatic carbocycles. The van der Waals surface area contributed by atoms with Crippen LogP contribution in [0.25, 0.3) is 0 Å². The number of carbonyl (C=O) groups excluding carboxylic acids is 1. The molecule has 72 valence electrons. The second-order valence-electron chi connectivity index (χ2n) is 3.19. The average Bonchev–Trinajstić information content (AvgIpc) is 2.01. The van der Waals surface area contributed by atoms with Crippen molar-refractivity contribution in [2.24, 2.45) is 0 Å². The number of nitrogens with zero attached hydrogens (tertiary/aromatic N) is 1. The number of β-lactam (4-membered cyclic amide) rings is 1. The molecule has 2 unspecified atom stereocenters.